The summed E-state index contributed by atoms with van der Waals surface area (Å²) >= 11 is 0. The van der Waals surface area contributed by atoms with E-state index in [1.54, 1.807) is 12.4 Å². The number of hydrogen-bond donors (Lipinski definition) is 0. The van der Waals surface area contributed by atoms with Gasteiger partial charge in [-0.3, -0.25) is 0 Å². The Balaban J connectivity index is 2.35. The van der Waals surface area contributed by atoms with E-state index in [9.17, 15) is 0 Å². The highest BCUT2D eigenvalue weighted by Gasteiger charge is 1.97. The van der Waals surface area contributed by atoms with Crippen LogP contribution in [0.25, 0.3) is 11.2 Å². The number of aromatic nitrogens is 3. The molecule has 5 heteroatoms. The van der Waals surface area contributed by atoms with Crippen LogP contribution >= 0.6 is 0 Å². The largest absolute Gasteiger partial charge is 0.361 e. The van der Waals surface area contributed by atoms with E-state index in [1.165, 1.54) is 11.0 Å². The Hall–Kier alpha value is -2.26. The number of nitrogens with zero attached hydrogens (tertiary/aromatic N) is 5. The van der Waals surface area contributed by atoms with Crippen LogP contribution in [0.2, 0.25) is 0 Å². The molecule has 0 bridgehead atoms. The third kappa shape index (κ3) is 1.57. The second-order valence-electron chi connectivity index (χ2n) is 2.65. The van der Waals surface area contributed by atoms with Gasteiger partial charge in [-0.05, 0) is 24.3 Å². The summed E-state index contributed by atoms with van der Waals surface area (Å²) in [5.41, 5.74) is 10.0. The highest BCUT2D eigenvalue weighted by molar-refractivity contribution is 5.75. The smallest absolute Gasteiger partial charge is 0.287 e. The first-order valence-electron chi connectivity index (χ1n) is 4.04. The summed E-state index contributed by atoms with van der Waals surface area (Å²) in [7, 11) is 0. The van der Waals surface area contributed by atoms with Crippen molar-refractivity contribution in [1.82, 2.24) is 15.0 Å². The molecule has 0 amide bonds. The molecular formula is C9H7N5. The molecule has 2 rings (SSSR count). The average Bonchev–Trinajstić information content (AvgIpc) is 2.72. The second kappa shape index (κ2) is 3.64. The minimum atomic E-state index is 0.823. The Morgan fingerprint density at radius 3 is 2.36 bits per heavy atom. The fourth-order valence-corrected chi connectivity index (χ4v) is 1.11. The molecule has 0 unspecified atom stereocenters. The normalized spacial score (nSPS) is 9.43. The van der Waals surface area contributed by atoms with Crippen LogP contribution in [-0.4, -0.2) is 26.0 Å². The van der Waals surface area contributed by atoms with Gasteiger partial charge >= 0.3 is 0 Å². The fourth-order valence-electron chi connectivity index (χ4n) is 1.11. The van der Waals surface area contributed by atoms with Gasteiger partial charge in [0.2, 0.25) is 0 Å². The van der Waals surface area contributed by atoms with Crippen LogP contribution in [0.1, 0.15) is 5.56 Å². The molecule has 0 saturated heterocycles. The molecule has 1 aromatic carbocycles. The van der Waals surface area contributed by atoms with Gasteiger partial charge in [0.15, 0.2) is 0 Å². The van der Waals surface area contributed by atoms with Crippen LogP contribution in [0.5, 0.6) is 0 Å². The maximum Gasteiger partial charge on any atom is 0.287 e. The van der Waals surface area contributed by atoms with E-state index in [2.05, 4.69) is 15.0 Å². The molecule has 0 saturated carbocycles. The van der Waals surface area contributed by atoms with Crippen molar-refractivity contribution in [1.29, 1.82) is 0 Å². The van der Waals surface area contributed by atoms with Gasteiger partial charge in [-0.2, -0.15) is 19.8 Å². The standard InChI is InChI=1S/C9H7N5/c10-11-7-8-1-3-9(4-2-8)14-12-5-6-13-14/h1-7H. The summed E-state index contributed by atoms with van der Waals surface area (Å²) in [6, 6.07) is 7.32. The zero-order valence-electron chi connectivity index (χ0n) is 7.28. The maximum atomic E-state index is 8.31. The van der Waals surface area contributed by atoms with Crippen LogP contribution in [-0.2, 0) is 0 Å². The molecule has 14 heavy (non-hydrogen) atoms. The van der Waals surface area contributed by atoms with Crippen LogP contribution in [0, 0.1) is 0 Å². The molecule has 68 valence electrons. The van der Waals surface area contributed by atoms with Gasteiger partial charge in [-0.15, -0.1) is 0 Å². The summed E-state index contributed by atoms with van der Waals surface area (Å²) in [5, 5.41) is 7.97. The Morgan fingerprint density at radius 1 is 1.14 bits per heavy atom. The van der Waals surface area contributed by atoms with Gasteiger partial charge in [0.1, 0.15) is 0 Å². The van der Waals surface area contributed by atoms with Gasteiger partial charge in [-0.1, -0.05) is 0 Å². The molecule has 0 spiro atoms. The highest BCUT2D eigenvalue weighted by atomic mass is 15.5. The molecular weight excluding hydrogens is 178 g/mol. The Labute approximate surface area is 80.2 Å². The first-order valence-corrected chi connectivity index (χ1v) is 4.04. The number of benzene rings is 1. The predicted octanol–water partition coefficient (Wildman–Crippen LogP) is 0.916. The summed E-state index contributed by atoms with van der Waals surface area (Å²) in [5.74, 6) is 0. The van der Waals surface area contributed by atoms with Gasteiger partial charge in [0.25, 0.3) is 6.21 Å². The predicted molar refractivity (Wildman–Crippen MR) is 50.1 cm³/mol. The van der Waals surface area contributed by atoms with E-state index in [0.29, 0.717) is 0 Å². The maximum absolute atomic E-state index is 8.31. The van der Waals surface area contributed by atoms with Crippen molar-refractivity contribution in [2.45, 2.75) is 0 Å². The monoisotopic (exact) mass is 185 g/mol. The van der Waals surface area contributed by atoms with Crippen LogP contribution in [0.3, 0.4) is 0 Å². The summed E-state index contributed by atoms with van der Waals surface area (Å²) in [4.78, 5) is 4.45. The van der Waals surface area contributed by atoms with E-state index < -0.39 is 0 Å². The van der Waals surface area contributed by atoms with Gasteiger partial charge < -0.3 is 5.53 Å². The lowest BCUT2D eigenvalue weighted by atomic mass is 10.2. The topological polar surface area (TPSA) is 67.1 Å². The van der Waals surface area contributed by atoms with Crippen molar-refractivity contribution in [2.75, 3.05) is 0 Å². The summed E-state index contributed by atoms with van der Waals surface area (Å²) in [6.07, 6.45) is 4.59. The Morgan fingerprint density at radius 2 is 1.79 bits per heavy atom. The zero-order valence-corrected chi connectivity index (χ0v) is 7.28. The summed E-state index contributed by atoms with van der Waals surface area (Å²) in [6.45, 7) is 0. The SMILES string of the molecule is [N-]=[N+]=Cc1ccc(-n2nccn2)cc1. The molecule has 0 aliphatic carbocycles. The van der Waals surface area contributed by atoms with Crippen molar-refractivity contribution in [3.63, 3.8) is 0 Å². The molecule has 5 nitrogen and oxygen atoms in total. The van der Waals surface area contributed by atoms with E-state index >= 15 is 0 Å². The third-order valence-corrected chi connectivity index (χ3v) is 1.75. The molecule has 2 aromatic rings. The molecule has 0 aliphatic rings. The highest BCUT2D eigenvalue weighted by Crippen LogP contribution is 2.04. The minimum absolute atomic E-state index is 0.823. The molecule has 0 radical (unpaired) electrons. The van der Waals surface area contributed by atoms with Crippen LogP contribution < -0.4 is 0 Å². The van der Waals surface area contributed by atoms with Gasteiger partial charge in [-0.25, -0.2) is 0 Å². The zero-order chi connectivity index (χ0) is 9.80. The van der Waals surface area contributed by atoms with E-state index in [0.717, 1.165) is 11.3 Å². The minimum Gasteiger partial charge on any atom is -0.361 e. The quantitative estimate of drug-likeness (QED) is 0.396. The molecule has 0 aliphatic heterocycles. The fraction of sp³-hybridized carbons (Fsp3) is 0. The number of rotatable bonds is 2. The molecule has 0 N–H and O–H groups in total. The van der Waals surface area contributed by atoms with Crippen molar-refractivity contribution >= 4 is 6.21 Å². The van der Waals surface area contributed by atoms with Crippen LogP contribution in [0.15, 0.2) is 36.7 Å². The van der Waals surface area contributed by atoms with Crippen molar-refractivity contribution in [3.05, 3.63) is 47.8 Å². The Kier molecular flexibility index (Phi) is 2.17. The lowest BCUT2D eigenvalue weighted by molar-refractivity contribution is 0.00456. The first-order chi connectivity index (χ1) is 6.90. The van der Waals surface area contributed by atoms with E-state index in [1.807, 2.05) is 24.3 Å². The van der Waals surface area contributed by atoms with E-state index in [4.69, 9.17) is 5.53 Å². The van der Waals surface area contributed by atoms with Crippen molar-refractivity contribution in [2.24, 2.45) is 0 Å². The lowest BCUT2D eigenvalue weighted by Gasteiger charge is -1.97. The summed E-state index contributed by atoms with van der Waals surface area (Å²) < 4.78 is 0. The van der Waals surface area contributed by atoms with Gasteiger partial charge in [0.05, 0.1) is 23.6 Å². The number of hydrogen-bond acceptors (Lipinski definition) is 2. The second-order valence-corrected chi connectivity index (χ2v) is 2.65. The molecule has 1 aromatic heterocycles. The molecule has 1 heterocycles. The van der Waals surface area contributed by atoms with Gasteiger partial charge in [0, 0.05) is 0 Å². The van der Waals surface area contributed by atoms with Crippen LogP contribution in [0.4, 0.5) is 0 Å². The van der Waals surface area contributed by atoms with E-state index in [-0.39, 0.29) is 0 Å². The lowest BCUT2D eigenvalue weighted by Crippen LogP contribution is -1.98. The Bertz CT molecular complexity index is 450. The van der Waals surface area contributed by atoms with Crippen molar-refractivity contribution < 1.29 is 4.79 Å². The average molecular weight is 185 g/mol. The molecule has 0 fully saturated rings. The van der Waals surface area contributed by atoms with Crippen molar-refractivity contribution in [3.8, 4) is 5.69 Å². The third-order valence-electron chi connectivity index (χ3n) is 1.75. The first kappa shape index (κ1) is 8.34. The molecule has 0 atom stereocenters.